The maximum atomic E-state index is 11.5. The summed E-state index contributed by atoms with van der Waals surface area (Å²) in [4.78, 5) is 0. The summed E-state index contributed by atoms with van der Waals surface area (Å²) in [5, 5.41) is 4.73. The number of hydrogen-bond donors (Lipinski definition) is 0. The maximum Gasteiger partial charge on any atom is 0.241 e. The van der Waals surface area contributed by atoms with Crippen LogP contribution in [0.2, 0.25) is 0 Å². The first-order valence-electron chi connectivity index (χ1n) is 2.44. The molecule has 0 aliphatic rings. The van der Waals surface area contributed by atoms with E-state index in [0.717, 1.165) is 11.5 Å². The Labute approximate surface area is 98.2 Å². The topological polar surface area (TPSA) is 59.9 Å². The van der Waals surface area contributed by atoms with Crippen molar-refractivity contribution in [3.05, 3.63) is 5.38 Å². The average molecular weight is 401 g/mol. The molecular formula is C3HBr3N2O2S2. The first kappa shape index (κ1) is 11.0. The Bertz CT molecular complexity index is 353. The molecule has 0 fully saturated rings. The number of nitrogens with zero attached hydrogens (tertiary/aromatic N) is 2. The van der Waals surface area contributed by atoms with Crippen LogP contribution in [0.25, 0.3) is 0 Å². The summed E-state index contributed by atoms with van der Waals surface area (Å²) in [5.74, 6) is 0. The van der Waals surface area contributed by atoms with Crippen molar-refractivity contribution in [1.82, 2.24) is 9.59 Å². The summed E-state index contributed by atoms with van der Waals surface area (Å²) >= 11 is 9.69. The molecule has 1 heterocycles. The lowest BCUT2D eigenvalue weighted by Crippen LogP contribution is -2.18. The van der Waals surface area contributed by atoms with E-state index in [2.05, 4.69) is 57.4 Å². The van der Waals surface area contributed by atoms with Gasteiger partial charge in [0.2, 0.25) is 11.3 Å². The zero-order valence-electron chi connectivity index (χ0n) is 5.24. The minimum Gasteiger partial charge on any atom is -0.219 e. The number of rotatable bonds is 1. The molecule has 1 aromatic rings. The maximum absolute atomic E-state index is 11.5. The Kier molecular flexibility index (Phi) is 3.31. The second-order valence-corrected chi connectivity index (χ2v) is 12.7. The fourth-order valence-electron chi connectivity index (χ4n) is 0.392. The van der Waals surface area contributed by atoms with E-state index in [1.165, 1.54) is 5.38 Å². The van der Waals surface area contributed by atoms with Crippen molar-refractivity contribution in [1.29, 1.82) is 0 Å². The molecule has 0 aliphatic carbocycles. The van der Waals surface area contributed by atoms with Gasteiger partial charge in [0.15, 0.2) is 5.03 Å². The van der Waals surface area contributed by atoms with Gasteiger partial charge >= 0.3 is 0 Å². The van der Waals surface area contributed by atoms with Gasteiger partial charge in [0.25, 0.3) is 0 Å². The Morgan fingerprint density at radius 1 is 1.42 bits per heavy atom. The SMILES string of the molecule is O=S(=O)(c1csnn1)C(Br)(Br)Br. The molecule has 0 spiro atoms. The van der Waals surface area contributed by atoms with E-state index in [9.17, 15) is 8.42 Å². The van der Waals surface area contributed by atoms with Gasteiger partial charge in [0, 0.05) is 0 Å². The van der Waals surface area contributed by atoms with Crippen LogP contribution >= 0.6 is 59.3 Å². The molecule has 0 saturated carbocycles. The first-order chi connectivity index (χ1) is 5.36. The summed E-state index contributed by atoms with van der Waals surface area (Å²) in [7, 11) is -3.55. The van der Waals surface area contributed by atoms with E-state index < -0.39 is 11.3 Å². The number of aromatic nitrogens is 2. The Morgan fingerprint density at radius 3 is 2.33 bits per heavy atom. The lowest BCUT2D eigenvalue weighted by atomic mass is 11.0. The van der Waals surface area contributed by atoms with E-state index in [1.807, 2.05) is 0 Å². The molecule has 0 N–H and O–H groups in total. The molecule has 12 heavy (non-hydrogen) atoms. The van der Waals surface area contributed by atoms with Crippen LogP contribution < -0.4 is 0 Å². The molecular weight excluding hydrogens is 400 g/mol. The Morgan fingerprint density at radius 2 is 2.00 bits per heavy atom. The molecule has 0 aliphatic heterocycles. The van der Waals surface area contributed by atoms with Crippen molar-refractivity contribution >= 4 is 69.2 Å². The van der Waals surface area contributed by atoms with Crippen molar-refractivity contribution in [2.24, 2.45) is 0 Å². The van der Waals surface area contributed by atoms with Gasteiger partial charge < -0.3 is 0 Å². The van der Waals surface area contributed by atoms with Crippen molar-refractivity contribution in [2.45, 2.75) is 6.50 Å². The van der Waals surface area contributed by atoms with E-state index >= 15 is 0 Å². The average Bonchev–Trinajstić information content (AvgIpc) is 2.34. The molecule has 0 amide bonds. The van der Waals surface area contributed by atoms with Gasteiger partial charge in [0.05, 0.1) is 5.38 Å². The molecule has 0 radical (unpaired) electrons. The molecule has 0 saturated heterocycles. The molecule has 68 valence electrons. The fraction of sp³-hybridized carbons (Fsp3) is 0.333. The monoisotopic (exact) mass is 398 g/mol. The quantitative estimate of drug-likeness (QED) is 0.677. The molecule has 0 atom stereocenters. The lowest BCUT2D eigenvalue weighted by molar-refractivity contribution is 0.594. The van der Waals surface area contributed by atoms with Crippen LogP contribution in [-0.2, 0) is 9.84 Å². The predicted molar refractivity (Wildman–Crippen MR) is 56.6 cm³/mol. The van der Waals surface area contributed by atoms with E-state index in [-0.39, 0.29) is 5.03 Å². The standard InChI is InChI=1S/C3HBr3N2O2S2/c4-3(5,6)12(9,10)2-1-11-8-7-2/h1H. The molecule has 0 bridgehead atoms. The van der Waals surface area contributed by atoms with Crippen molar-refractivity contribution in [3.63, 3.8) is 0 Å². The van der Waals surface area contributed by atoms with Crippen LogP contribution in [0, 0.1) is 0 Å². The number of sulfone groups is 1. The molecule has 0 unspecified atom stereocenters. The largest absolute Gasteiger partial charge is 0.241 e. The second-order valence-electron chi connectivity index (χ2n) is 1.69. The molecule has 1 aromatic heterocycles. The number of halogens is 3. The van der Waals surface area contributed by atoms with Crippen LogP contribution in [0.1, 0.15) is 0 Å². The van der Waals surface area contributed by atoms with Crippen molar-refractivity contribution < 1.29 is 8.42 Å². The molecule has 4 nitrogen and oxygen atoms in total. The predicted octanol–water partition coefficient (Wildman–Crippen LogP) is 2.11. The fourth-order valence-corrected chi connectivity index (χ4v) is 3.28. The summed E-state index contributed by atoms with van der Waals surface area (Å²) in [6.07, 6.45) is 0. The van der Waals surface area contributed by atoms with Crippen LogP contribution in [0.15, 0.2) is 10.4 Å². The van der Waals surface area contributed by atoms with Gasteiger partial charge in [-0.3, -0.25) is 0 Å². The summed E-state index contributed by atoms with van der Waals surface area (Å²) in [6.45, 7) is 0. The Hall–Kier alpha value is 0.950. The summed E-state index contributed by atoms with van der Waals surface area (Å²) in [6, 6.07) is 0. The van der Waals surface area contributed by atoms with Crippen LogP contribution in [-0.4, -0.2) is 19.5 Å². The summed E-state index contributed by atoms with van der Waals surface area (Å²) in [5.41, 5.74) is 0. The van der Waals surface area contributed by atoms with E-state index in [0.29, 0.717) is 0 Å². The minimum absolute atomic E-state index is 0.0712. The van der Waals surface area contributed by atoms with Crippen LogP contribution in [0.3, 0.4) is 0 Å². The zero-order chi connectivity index (χ0) is 9.41. The number of alkyl halides is 3. The van der Waals surface area contributed by atoms with Gasteiger partial charge in [-0.25, -0.2) is 8.42 Å². The van der Waals surface area contributed by atoms with Gasteiger partial charge in [-0.1, -0.05) is 4.49 Å². The highest BCUT2D eigenvalue weighted by molar-refractivity contribution is 9.42. The van der Waals surface area contributed by atoms with Gasteiger partial charge in [-0.05, 0) is 59.3 Å². The molecule has 9 heteroatoms. The van der Waals surface area contributed by atoms with Crippen molar-refractivity contribution in [2.75, 3.05) is 0 Å². The third-order valence-electron chi connectivity index (χ3n) is 0.920. The second kappa shape index (κ2) is 3.60. The van der Waals surface area contributed by atoms with Crippen molar-refractivity contribution in [3.8, 4) is 0 Å². The zero-order valence-corrected chi connectivity index (χ0v) is 11.6. The smallest absolute Gasteiger partial charge is 0.219 e. The number of hydrogen-bond acceptors (Lipinski definition) is 5. The highest BCUT2D eigenvalue weighted by Crippen LogP contribution is 2.42. The summed E-state index contributed by atoms with van der Waals surface area (Å²) < 4.78 is 25.0. The minimum atomic E-state index is -3.55. The third kappa shape index (κ3) is 2.06. The van der Waals surface area contributed by atoms with Crippen LogP contribution in [0.4, 0.5) is 0 Å². The van der Waals surface area contributed by atoms with E-state index in [4.69, 9.17) is 0 Å². The highest BCUT2D eigenvalue weighted by atomic mass is 80.0. The van der Waals surface area contributed by atoms with Gasteiger partial charge in [0.1, 0.15) is 0 Å². The van der Waals surface area contributed by atoms with E-state index in [1.54, 1.807) is 0 Å². The van der Waals surface area contributed by atoms with Crippen LogP contribution in [0.5, 0.6) is 0 Å². The highest BCUT2D eigenvalue weighted by Gasteiger charge is 2.39. The van der Waals surface area contributed by atoms with Gasteiger partial charge in [-0.2, -0.15) is 0 Å². The normalized spacial score (nSPS) is 13.2. The molecule has 1 rings (SSSR count). The lowest BCUT2D eigenvalue weighted by Gasteiger charge is -2.09. The molecule has 0 aromatic carbocycles. The Balaban J connectivity index is 3.22. The first-order valence-corrected chi connectivity index (χ1v) is 7.14. The third-order valence-corrected chi connectivity index (χ3v) is 6.77. The van der Waals surface area contributed by atoms with Gasteiger partial charge in [-0.15, -0.1) is 5.10 Å².